The van der Waals surface area contributed by atoms with Gasteiger partial charge in [-0.15, -0.1) is 0 Å². The number of nitrogens with two attached hydrogens (primary N) is 1. The lowest BCUT2D eigenvalue weighted by atomic mass is 10.3. The van der Waals surface area contributed by atoms with Crippen LogP contribution in [0, 0.1) is 0 Å². The van der Waals surface area contributed by atoms with Gasteiger partial charge in [-0.05, 0) is 47.1 Å². The van der Waals surface area contributed by atoms with E-state index in [1.807, 2.05) is 0 Å². The van der Waals surface area contributed by atoms with Gasteiger partial charge in [-0.3, -0.25) is 9.29 Å². The lowest BCUT2D eigenvalue weighted by molar-refractivity contribution is 0.591. The van der Waals surface area contributed by atoms with Crippen molar-refractivity contribution in [3.63, 3.8) is 0 Å². The minimum absolute atomic E-state index is 0.135. The second kappa shape index (κ2) is 5.80. The Kier molecular flexibility index (Phi) is 4.29. The van der Waals surface area contributed by atoms with Crippen LogP contribution in [0.25, 0.3) is 0 Å². The molecule has 2 N–H and O–H groups in total. The van der Waals surface area contributed by atoms with Crippen LogP contribution in [0.4, 0.5) is 11.4 Å². The fourth-order valence-corrected chi connectivity index (χ4v) is 3.80. The Labute approximate surface area is 126 Å². The lowest BCUT2D eigenvalue weighted by Gasteiger charge is -2.23. The molecule has 0 saturated heterocycles. The number of nitrogen functional groups attached to an aromatic ring is 1. The maximum Gasteiger partial charge on any atom is 0.265 e. The summed E-state index contributed by atoms with van der Waals surface area (Å²) in [6.45, 7) is 2.07. The molecule has 0 aliphatic carbocycles. The number of benzene rings is 1. The molecule has 0 fully saturated rings. The number of rotatable bonds is 4. The molecule has 20 heavy (non-hydrogen) atoms. The fraction of sp³-hybridized carbons (Fsp3) is 0.154. The van der Waals surface area contributed by atoms with Gasteiger partial charge in [-0.25, -0.2) is 8.42 Å². The molecule has 2 rings (SSSR count). The third-order valence-electron chi connectivity index (χ3n) is 2.71. The Morgan fingerprint density at radius 2 is 2.05 bits per heavy atom. The van der Waals surface area contributed by atoms with Gasteiger partial charge in [0, 0.05) is 29.1 Å². The summed E-state index contributed by atoms with van der Waals surface area (Å²) in [4.78, 5) is 4.04. The second-order valence-corrected chi connectivity index (χ2v) is 6.88. The highest BCUT2D eigenvalue weighted by Crippen LogP contribution is 2.25. The molecule has 0 saturated carbocycles. The smallest absolute Gasteiger partial charge is 0.265 e. The average Bonchev–Trinajstić information content (AvgIpc) is 2.39. The van der Waals surface area contributed by atoms with Crippen molar-refractivity contribution in [1.82, 2.24) is 4.98 Å². The van der Waals surface area contributed by atoms with Gasteiger partial charge in [0.15, 0.2) is 0 Å². The van der Waals surface area contributed by atoms with Gasteiger partial charge in [0.25, 0.3) is 10.0 Å². The van der Waals surface area contributed by atoms with Crippen molar-refractivity contribution in [2.75, 3.05) is 16.6 Å². The number of nitrogens with zero attached hydrogens (tertiary/aromatic N) is 2. The minimum Gasteiger partial charge on any atom is -0.399 e. The van der Waals surface area contributed by atoms with E-state index in [1.165, 1.54) is 22.8 Å². The van der Waals surface area contributed by atoms with Crippen LogP contribution in [0.1, 0.15) is 6.92 Å². The van der Waals surface area contributed by atoms with Crippen LogP contribution in [-0.4, -0.2) is 19.9 Å². The molecule has 0 amide bonds. The SMILES string of the molecule is CCN(c1cccc(N)c1)S(=O)(=O)c1cncc(Br)c1. The molecule has 0 radical (unpaired) electrons. The monoisotopic (exact) mass is 355 g/mol. The van der Waals surface area contributed by atoms with E-state index in [0.717, 1.165) is 0 Å². The van der Waals surface area contributed by atoms with Gasteiger partial charge in [-0.2, -0.15) is 0 Å². The first-order valence-electron chi connectivity index (χ1n) is 5.94. The summed E-state index contributed by atoms with van der Waals surface area (Å²) in [6, 6.07) is 8.30. The molecule has 0 aliphatic heterocycles. The molecule has 0 bridgehead atoms. The van der Waals surface area contributed by atoms with E-state index in [-0.39, 0.29) is 4.90 Å². The normalized spacial score (nSPS) is 11.3. The molecule has 2 aromatic rings. The Morgan fingerprint density at radius 3 is 2.65 bits per heavy atom. The lowest BCUT2D eigenvalue weighted by Crippen LogP contribution is -2.30. The van der Waals surface area contributed by atoms with Gasteiger partial charge >= 0.3 is 0 Å². The van der Waals surface area contributed by atoms with E-state index in [1.54, 1.807) is 31.2 Å². The van der Waals surface area contributed by atoms with Crippen LogP contribution in [-0.2, 0) is 10.0 Å². The van der Waals surface area contributed by atoms with Crippen LogP contribution in [0.15, 0.2) is 52.1 Å². The van der Waals surface area contributed by atoms with E-state index in [2.05, 4.69) is 20.9 Å². The fourth-order valence-electron chi connectivity index (χ4n) is 1.83. The predicted octanol–water partition coefficient (Wildman–Crippen LogP) is 2.64. The Hall–Kier alpha value is -1.60. The summed E-state index contributed by atoms with van der Waals surface area (Å²) in [7, 11) is -3.66. The molecule has 7 heteroatoms. The maximum atomic E-state index is 12.7. The Morgan fingerprint density at radius 1 is 1.30 bits per heavy atom. The van der Waals surface area contributed by atoms with Crippen LogP contribution in [0.2, 0.25) is 0 Å². The van der Waals surface area contributed by atoms with Crippen molar-refractivity contribution in [2.24, 2.45) is 0 Å². The maximum absolute atomic E-state index is 12.7. The quantitative estimate of drug-likeness (QED) is 0.855. The first-order valence-corrected chi connectivity index (χ1v) is 8.17. The highest BCUT2D eigenvalue weighted by Gasteiger charge is 2.24. The van der Waals surface area contributed by atoms with Gasteiger partial charge in [0.2, 0.25) is 0 Å². The summed E-state index contributed by atoms with van der Waals surface area (Å²) >= 11 is 3.23. The van der Waals surface area contributed by atoms with Gasteiger partial charge in [0.1, 0.15) is 4.90 Å². The number of sulfonamides is 1. The van der Waals surface area contributed by atoms with Crippen LogP contribution in [0.5, 0.6) is 0 Å². The van der Waals surface area contributed by atoms with Gasteiger partial charge < -0.3 is 5.73 Å². The third-order valence-corrected chi connectivity index (χ3v) is 5.02. The molecule has 1 aromatic carbocycles. The van der Waals surface area contributed by atoms with Crippen molar-refractivity contribution in [1.29, 1.82) is 0 Å². The highest BCUT2D eigenvalue weighted by atomic mass is 79.9. The zero-order chi connectivity index (χ0) is 14.8. The van der Waals surface area contributed by atoms with Gasteiger partial charge in [-0.1, -0.05) is 6.07 Å². The number of aromatic nitrogens is 1. The van der Waals surface area contributed by atoms with E-state index in [0.29, 0.717) is 22.4 Å². The second-order valence-electron chi connectivity index (χ2n) is 4.10. The van der Waals surface area contributed by atoms with Crippen molar-refractivity contribution >= 4 is 37.3 Å². The molecule has 1 heterocycles. The molecule has 0 atom stereocenters. The van der Waals surface area contributed by atoms with Crippen molar-refractivity contribution in [3.8, 4) is 0 Å². The number of pyridine rings is 1. The summed E-state index contributed by atoms with van der Waals surface area (Å²) in [5.41, 5.74) is 6.77. The molecule has 5 nitrogen and oxygen atoms in total. The largest absolute Gasteiger partial charge is 0.399 e. The van der Waals surface area contributed by atoms with Crippen molar-refractivity contribution in [3.05, 3.63) is 47.2 Å². The van der Waals surface area contributed by atoms with Crippen molar-refractivity contribution < 1.29 is 8.42 Å². The number of hydrogen-bond donors (Lipinski definition) is 1. The standard InChI is InChI=1S/C13H14BrN3O2S/c1-2-17(12-5-3-4-11(15)7-12)20(18,19)13-6-10(14)8-16-9-13/h3-9H,2,15H2,1H3. The number of hydrogen-bond acceptors (Lipinski definition) is 4. The first-order chi connectivity index (χ1) is 9.45. The summed E-state index contributed by atoms with van der Waals surface area (Å²) < 4.78 is 27.2. The van der Waals surface area contributed by atoms with E-state index < -0.39 is 10.0 Å². The molecule has 106 valence electrons. The molecular formula is C13H14BrN3O2S. The molecule has 0 unspecified atom stereocenters. The molecule has 1 aromatic heterocycles. The van der Waals surface area contributed by atoms with E-state index in [9.17, 15) is 8.42 Å². The number of anilines is 2. The van der Waals surface area contributed by atoms with Crippen LogP contribution in [0.3, 0.4) is 0 Å². The van der Waals surface area contributed by atoms with Crippen LogP contribution >= 0.6 is 15.9 Å². The molecular weight excluding hydrogens is 342 g/mol. The zero-order valence-electron chi connectivity index (χ0n) is 10.8. The zero-order valence-corrected chi connectivity index (χ0v) is 13.2. The average molecular weight is 356 g/mol. The summed E-state index contributed by atoms with van der Waals surface area (Å²) in [5, 5.41) is 0. The van der Waals surface area contributed by atoms with E-state index >= 15 is 0 Å². The first kappa shape index (κ1) is 14.8. The molecule has 0 aliphatic rings. The topological polar surface area (TPSA) is 76.3 Å². The Balaban J connectivity index is 2.50. The third kappa shape index (κ3) is 2.94. The van der Waals surface area contributed by atoms with Crippen LogP contribution < -0.4 is 10.0 Å². The van der Waals surface area contributed by atoms with E-state index in [4.69, 9.17) is 5.73 Å². The number of halogens is 1. The Bertz CT molecular complexity index is 719. The van der Waals surface area contributed by atoms with Gasteiger partial charge in [0.05, 0.1) is 5.69 Å². The summed E-state index contributed by atoms with van der Waals surface area (Å²) in [6.07, 6.45) is 2.87. The summed E-state index contributed by atoms with van der Waals surface area (Å²) in [5.74, 6) is 0. The van der Waals surface area contributed by atoms with Crippen molar-refractivity contribution in [2.45, 2.75) is 11.8 Å². The minimum atomic E-state index is -3.66. The highest BCUT2D eigenvalue weighted by molar-refractivity contribution is 9.10. The predicted molar refractivity (Wildman–Crippen MR) is 83.0 cm³/mol. The molecule has 0 spiro atoms.